The van der Waals surface area contributed by atoms with E-state index in [9.17, 15) is 14.3 Å². The molecule has 0 spiro atoms. The van der Waals surface area contributed by atoms with Crippen LogP contribution in [0.2, 0.25) is 0 Å². The molecule has 0 saturated heterocycles. The van der Waals surface area contributed by atoms with E-state index in [1.54, 1.807) is 0 Å². The summed E-state index contributed by atoms with van der Waals surface area (Å²) >= 11 is 0. The van der Waals surface area contributed by atoms with Gasteiger partial charge in [0, 0.05) is 14.2 Å². The van der Waals surface area contributed by atoms with E-state index in [0.717, 1.165) is 0 Å². The lowest BCUT2D eigenvalue weighted by Gasteiger charge is -2.17. The highest BCUT2D eigenvalue weighted by Crippen LogP contribution is 2.43. The summed E-state index contributed by atoms with van der Waals surface area (Å²) in [6, 6.07) is -1.40. The smallest absolute Gasteiger partial charge is 0.472 e. The van der Waals surface area contributed by atoms with Gasteiger partial charge in [0.25, 0.3) is 0 Å². The zero-order valence-electron chi connectivity index (χ0n) is 10.1. The molecular formula is C8H18NO8P. The molecule has 0 heterocycles. The molecule has 10 heteroatoms. The van der Waals surface area contributed by atoms with Gasteiger partial charge in [-0.1, -0.05) is 0 Å². The zero-order chi connectivity index (χ0) is 14.2. The van der Waals surface area contributed by atoms with Crippen LogP contribution >= 0.6 is 7.82 Å². The summed E-state index contributed by atoms with van der Waals surface area (Å²) in [7, 11) is -1.53. The van der Waals surface area contributed by atoms with Gasteiger partial charge in [-0.15, -0.1) is 0 Å². The second kappa shape index (κ2) is 8.54. The molecule has 4 N–H and O–H groups in total. The summed E-state index contributed by atoms with van der Waals surface area (Å²) in [5.74, 6) is -1.34. The second-order valence-corrected chi connectivity index (χ2v) is 4.77. The summed E-state index contributed by atoms with van der Waals surface area (Å²) in [6.07, 6.45) is -0.535. The van der Waals surface area contributed by atoms with Crippen LogP contribution in [0, 0.1) is 0 Å². The first kappa shape index (κ1) is 17.5. The van der Waals surface area contributed by atoms with Gasteiger partial charge in [-0.2, -0.15) is 0 Å². The van der Waals surface area contributed by atoms with Crippen LogP contribution in [0.1, 0.15) is 0 Å². The predicted octanol–water partition coefficient (Wildman–Crippen LogP) is -0.807. The van der Waals surface area contributed by atoms with Gasteiger partial charge in [-0.05, 0) is 0 Å². The molecular weight excluding hydrogens is 269 g/mol. The molecule has 0 bridgehead atoms. The van der Waals surface area contributed by atoms with E-state index in [4.69, 9.17) is 20.3 Å². The van der Waals surface area contributed by atoms with Gasteiger partial charge in [-0.3, -0.25) is 13.8 Å². The summed E-state index contributed by atoms with van der Waals surface area (Å²) in [5.41, 5.74) is 5.10. The Morgan fingerprint density at radius 1 is 1.28 bits per heavy atom. The van der Waals surface area contributed by atoms with Gasteiger partial charge in [0.15, 0.2) is 0 Å². The van der Waals surface area contributed by atoms with Crippen LogP contribution in [0.5, 0.6) is 0 Å². The molecule has 0 aliphatic heterocycles. The maximum absolute atomic E-state index is 11.3. The van der Waals surface area contributed by atoms with Crippen molar-refractivity contribution in [2.75, 3.05) is 34.0 Å². The largest absolute Gasteiger partial charge is 0.480 e. The van der Waals surface area contributed by atoms with Gasteiger partial charge in [0.05, 0.1) is 19.8 Å². The van der Waals surface area contributed by atoms with Crippen LogP contribution in [-0.2, 0) is 27.9 Å². The minimum absolute atomic E-state index is 0.172. The monoisotopic (exact) mass is 287 g/mol. The Kier molecular flexibility index (Phi) is 8.29. The van der Waals surface area contributed by atoms with E-state index >= 15 is 0 Å². The Balaban J connectivity index is 4.06. The number of phosphoric acid groups is 1. The number of carboxylic acids is 1. The molecule has 2 unspecified atom stereocenters. The first-order chi connectivity index (χ1) is 8.32. The van der Waals surface area contributed by atoms with Crippen molar-refractivity contribution in [3.8, 4) is 0 Å². The van der Waals surface area contributed by atoms with Crippen molar-refractivity contribution in [1.29, 1.82) is 0 Å². The van der Waals surface area contributed by atoms with Crippen molar-refractivity contribution in [1.82, 2.24) is 0 Å². The molecule has 18 heavy (non-hydrogen) atoms. The van der Waals surface area contributed by atoms with E-state index in [-0.39, 0.29) is 13.2 Å². The molecule has 0 fully saturated rings. The van der Waals surface area contributed by atoms with Gasteiger partial charge >= 0.3 is 13.8 Å². The number of carbonyl (C=O) groups is 1. The Bertz CT molecular complexity index is 299. The molecule has 3 atom stereocenters. The molecule has 9 nitrogen and oxygen atoms in total. The van der Waals surface area contributed by atoms with Crippen molar-refractivity contribution < 1.29 is 37.9 Å². The van der Waals surface area contributed by atoms with Crippen molar-refractivity contribution >= 4 is 13.8 Å². The highest BCUT2D eigenvalue weighted by atomic mass is 31.2. The summed E-state index contributed by atoms with van der Waals surface area (Å²) < 4.78 is 30.0. The number of nitrogens with two attached hydrogens (primary N) is 1. The Hall–Kier alpha value is -0.540. The number of ether oxygens (including phenoxy) is 2. The number of aliphatic carboxylic acids is 1. The Morgan fingerprint density at radius 2 is 1.83 bits per heavy atom. The highest BCUT2D eigenvalue weighted by Gasteiger charge is 2.26. The van der Waals surface area contributed by atoms with Crippen LogP contribution in [0.4, 0.5) is 0 Å². The zero-order valence-corrected chi connectivity index (χ0v) is 11.0. The number of phosphoric ester groups is 1. The quantitative estimate of drug-likeness (QED) is 0.440. The molecule has 0 radical (unpaired) electrons. The molecule has 0 amide bonds. The average molecular weight is 287 g/mol. The molecule has 0 aromatic rings. The van der Waals surface area contributed by atoms with Gasteiger partial charge in [0.2, 0.25) is 0 Å². The Labute approximate surface area is 104 Å². The fraction of sp³-hybridized carbons (Fsp3) is 0.875. The summed E-state index contributed by atoms with van der Waals surface area (Å²) in [5, 5.41) is 8.45. The number of hydrogen-bond donors (Lipinski definition) is 3. The lowest BCUT2D eigenvalue weighted by atomic mass is 10.3. The normalized spacial score (nSPS) is 18.0. The number of methoxy groups -OCH3 is 2. The molecule has 0 saturated carbocycles. The van der Waals surface area contributed by atoms with Crippen molar-refractivity contribution in [2.24, 2.45) is 5.73 Å². The molecule has 0 aliphatic rings. The van der Waals surface area contributed by atoms with Crippen LogP contribution in [-0.4, -0.2) is 62.2 Å². The minimum Gasteiger partial charge on any atom is -0.480 e. The van der Waals surface area contributed by atoms with E-state index < -0.39 is 32.5 Å². The molecule has 0 aliphatic carbocycles. The fourth-order valence-electron chi connectivity index (χ4n) is 0.830. The standard InChI is InChI=1S/C8H18NO8P/c1-14-3-6(15-2)4-16-18(12,13)17-5-7(9)8(10)11/h6-7H,3-5,9H2,1-2H3,(H,10,11)(H,12,13)/t6-,7?/m1/s1. The minimum atomic E-state index is -4.36. The molecule has 0 rings (SSSR count). The van der Waals surface area contributed by atoms with Gasteiger partial charge in [-0.25, -0.2) is 4.57 Å². The average Bonchev–Trinajstić information content (AvgIpc) is 2.31. The SMILES string of the molecule is COC[C@H](COP(=O)(O)OCC(N)C(=O)O)OC. The first-order valence-corrected chi connectivity index (χ1v) is 6.44. The van der Waals surface area contributed by atoms with Crippen molar-refractivity contribution in [2.45, 2.75) is 12.1 Å². The maximum Gasteiger partial charge on any atom is 0.472 e. The summed E-state index contributed by atoms with van der Waals surface area (Å²) in [4.78, 5) is 19.6. The third-order valence-corrected chi connectivity index (χ3v) is 2.79. The lowest BCUT2D eigenvalue weighted by Crippen LogP contribution is -2.34. The van der Waals surface area contributed by atoms with Gasteiger partial charge in [0.1, 0.15) is 12.1 Å². The van der Waals surface area contributed by atoms with Crippen LogP contribution < -0.4 is 5.73 Å². The fourth-order valence-corrected chi connectivity index (χ4v) is 1.61. The van der Waals surface area contributed by atoms with Crippen molar-refractivity contribution in [3.63, 3.8) is 0 Å². The molecule has 108 valence electrons. The highest BCUT2D eigenvalue weighted by molar-refractivity contribution is 7.47. The van der Waals surface area contributed by atoms with Crippen LogP contribution in [0.25, 0.3) is 0 Å². The number of carboxylic acid groups (broad SMARTS) is 1. The third kappa shape index (κ3) is 7.72. The second-order valence-electron chi connectivity index (χ2n) is 3.32. The number of rotatable bonds is 10. The van der Waals surface area contributed by atoms with Gasteiger partial charge < -0.3 is 25.2 Å². The van der Waals surface area contributed by atoms with E-state index in [0.29, 0.717) is 0 Å². The number of hydrogen-bond acceptors (Lipinski definition) is 7. The van der Waals surface area contributed by atoms with Crippen LogP contribution in [0.3, 0.4) is 0 Å². The topological polar surface area (TPSA) is 138 Å². The van der Waals surface area contributed by atoms with E-state index in [1.807, 2.05) is 0 Å². The predicted molar refractivity (Wildman–Crippen MR) is 60.0 cm³/mol. The summed E-state index contributed by atoms with van der Waals surface area (Å²) in [6.45, 7) is -0.698. The van der Waals surface area contributed by atoms with Crippen molar-refractivity contribution in [3.05, 3.63) is 0 Å². The van der Waals surface area contributed by atoms with E-state index in [1.165, 1.54) is 14.2 Å². The van der Waals surface area contributed by atoms with E-state index in [2.05, 4.69) is 9.05 Å². The first-order valence-electron chi connectivity index (χ1n) is 4.94. The maximum atomic E-state index is 11.3. The molecule has 0 aromatic heterocycles. The Morgan fingerprint density at radius 3 is 2.28 bits per heavy atom. The van der Waals surface area contributed by atoms with Crippen LogP contribution in [0.15, 0.2) is 0 Å². The lowest BCUT2D eigenvalue weighted by molar-refractivity contribution is -0.139. The third-order valence-electron chi connectivity index (χ3n) is 1.84. The molecule has 0 aromatic carbocycles.